The minimum Gasteiger partial charge on any atom is -0.326 e. The number of rotatable bonds is 3. The number of aryl methyl sites for hydroxylation is 1. The van der Waals surface area contributed by atoms with Crippen LogP contribution in [0.5, 0.6) is 0 Å². The van der Waals surface area contributed by atoms with Gasteiger partial charge in [-0.15, -0.1) is 0 Å². The zero-order valence-electron chi connectivity index (χ0n) is 14.2. The zero-order chi connectivity index (χ0) is 17.9. The Morgan fingerprint density at radius 2 is 1.71 bits per heavy atom. The number of hydrogen-bond donors (Lipinski definition) is 2. The quantitative estimate of drug-likeness (QED) is 0.879. The third-order valence-electron chi connectivity index (χ3n) is 3.43. The normalized spacial score (nSPS) is 11.0. The summed E-state index contributed by atoms with van der Waals surface area (Å²) in [5, 5.41) is 5.32. The number of halogens is 1. The number of carbonyl (C=O) groups excluding carboxylic acids is 2. The molecule has 0 atom stereocenters. The van der Waals surface area contributed by atoms with E-state index in [1.165, 1.54) is 6.07 Å². The summed E-state index contributed by atoms with van der Waals surface area (Å²) in [4.78, 5) is 24.3. The van der Waals surface area contributed by atoms with Gasteiger partial charge in [0.25, 0.3) is 5.91 Å². The summed E-state index contributed by atoms with van der Waals surface area (Å²) >= 11 is 0. The fourth-order valence-electron chi connectivity index (χ4n) is 1.99. The van der Waals surface area contributed by atoms with Crippen LogP contribution in [0.25, 0.3) is 0 Å². The summed E-state index contributed by atoms with van der Waals surface area (Å²) in [7, 11) is 0. The van der Waals surface area contributed by atoms with Gasteiger partial charge in [0.05, 0.1) is 5.69 Å². The molecule has 0 fully saturated rings. The van der Waals surface area contributed by atoms with Gasteiger partial charge in [0, 0.05) is 16.7 Å². The van der Waals surface area contributed by atoms with E-state index in [4.69, 9.17) is 0 Å². The van der Waals surface area contributed by atoms with Crippen molar-refractivity contribution in [3.8, 4) is 0 Å². The lowest BCUT2D eigenvalue weighted by atomic mass is 9.95. The maximum Gasteiger partial charge on any atom is 0.255 e. The highest BCUT2D eigenvalue weighted by Gasteiger charge is 2.21. The molecule has 0 aromatic heterocycles. The Morgan fingerprint density at radius 3 is 2.38 bits per heavy atom. The van der Waals surface area contributed by atoms with Gasteiger partial charge in [-0.25, -0.2) is 4.39 Å². The molecule has 0 saturated heterocycles. The molecule has 2 aromatic carbocycles. The first-order valence-corrected chi connectivity index (χ1v) is 7.66. The Kier molecular flexibility index (Phi) is 5.02. The number of nitrogens with one attached hydrogen (secondary N) is 2. The van der Waals surface area contributed by atoms with Crippen LogP contribution in [0.1, 0.15) is 36.7 Å². The molecule has 0 bridgehead atoms. The summed E-state index contributed by atoms with van der Waals surface area (Å²) in [6.45, 7) is 7.23. The van der Waals surface area contributed by atoms with Crippen LogP contribution in [0.4, 0.5) is 15.8 Å². The zero-order valence-corrected chi connectivity index (χ0v) is 14.2. The van der Waals surface area contributed by atoms with E-state index >= 15 is 0 Å². The maximum absolute atomic E-state index is 13.8. The van der Waals surface area contributed by atoms with Gasteiger partial charge in [-0.05, 0) is 42.8 Å². The maximum atomic E-state index is 13.8. The van der Waals surface area contributed by atoms with Crippen LogP contribution < -0.4 is 10.6 Å². The van der Waals surface area contributed by atoms with Gasteiger partial charge < -0.3 is 10.6 Å². The second-order valence-corrected chi connectivity index (χ2v) is 6.72. The Balaban J connectivity index is 2.17. The first kappa shape index (κ1) is 17.7. The molecule has 4 nitrogen and oxygen atoms in total. The Labute approximate surface area is 141 Å². The van der Waals surface area contributed by atoms with Crippen molar-refractivity contribution in [3.63, 3.8) is 0 Å². The van der Waals surface area contributed by atoms with Gasteiger partial charge in [-0.2, -0.15) is 0 Å². The molecule has 2 N–H and O–H groups in total. The minimum atomic E-state index is -0.539. The van der Waals surface area contributed by atoms with Crippen molar-refractivity contribution in [1.82, 2.24) is 0 Å². The number of hydrogen-bond acceptors (Lipinski definition) is 2. The van der Waals surface area contributed by atoms with Crippen LogP contribution in [0.3, 0.4) is 0 Å². The van der Waals surface area contributed by atoms with Crippen molar-refractivity contribution in [2.24, 2.45) is 5.41 Å². The minimum absolute atomic E-state index is 0.129. The van der Waals surface area contributed by atoms with E-state index in [9.17, 15) is 14.0 Å². The largest absolute Gasteiger partial charge is 0.326 e. The third-order valence-corrected chi connectivity index (χ3v) is 3.43. The van der Waals surface area contributed by atoms with E-state index in [1.54, 1.807) is 57.2 Å². The lowest BCUT2D eigenvalue weighted by Crippen LogP contribution is -2.27. The van der Waals surface area contributed by atoms with Gasteiger partial charge in [0.1, 0.15) is 5.82 Å². The highest BCUT2D eigenvalue weighted by molar-refractivity contribution is 6.05. The molecule has 0 saturated carbocycles. The average molecular weight is 328 g/mol. The molecule has 0 aliphatic carbocycles. The summed E-state index contributed by atoms with van der Waals surface area (Å²) in [5.74, 6) is -1.08. The van der Waals surface area contributed by atoms with Crippen molar-refractivity contribution in [1.29, 1.82) is 0 Å². The smallest absolute Gasteiger partial charge is 0.255 e. The van der Waals surface area contributed by atoms with E-state index in [-0.39, 0.29) is 11.6 Å². The molecule has 0 unspecified atom stereocenters. The first-order valence-electron chi connectivity index (χ1n) is 7.66. The topological polar surface area (TPSA) is 58.2 Å². The molecule has 0 radical (unpaired) electrons. The second kappa shape index (κ2) is 6.83. The summed E-state index contributed by atoms with van der Waals surface area (Å²) in [6.07, 6.45) is 0. The van der Waals surface area contributed by atoms with Crippen molar-refractivity contribution in [2.45, 2.75) is 27.7 Å². The number of benzene rings is 2. The summed E-state index contributed by atoms with van der Waals surface area (Å²) in [6, 6.07) is 11.0. The highest BCUT2D eigenvalue weighted by Crippen LogP contribution is 2.20. The van der Waals surface area contributed by atoms with Gasteiger partial charge in [-0.1, -0.05) is 32.9 Å². The second-order valence-electron chi connectivity index (χ2n) is 6.72. The van der Waals surface area contributed by atoms with Crippen LogP contribution in [-0.4, -0.2) is 11.8 Å². The van der Waals surface area contributed by atoms with Crippen LogP contribution in [0.2, 0.25) is 0 Å². The van der Waals surface area contributed by atoms with Crippen LogP contribution in [-0.2, 0) is 4.79 Å². The summed E-state index contributed by atoms with van der Waals surface area (Å²) in [5.41, 5.74) is 1.29. The Hall–Kier alpha value is -2.69. The van der Waals surface area contributed by atoms with Crippen LogP contribution >= 0.6 is 0 Å². The van der Waals surface area contributed by atoms with Crippen LogP contribution in [0.15, 0.2) is 42.5 Å². The lowest BCUT2D eigenvalue weighted by Gasteiger charge is -2.18. The molecule has 0 aliphatic rings. The number of amides is 2. The fraction of sp³-hybridized carbons (Fsp3) is 0.263. The van der Waals surface area contributed by atoms with E-state index in [0.29, 0.717) is 11.3 Å². The van der Waals surface area contributed by atoms with Gasteiger partial charge in [0.15, 0.2) is 0 Å². The monoisotopic (exact) mass is 328 g/mol. The van der Waals surface area contributed by atoms with E-state index in [0.717, 1.165) is 5.56 Å². The molecule has 126 valence electrons. The average Bonchev–Trinajstić information content (AvgIpc) is 2.50. The summed E-state index contributed by atoms with van der Waals surface area (Å²) < 4.78 is 13.8. The van der Waals surface area contributed by atoms with Crippen molar-refractivity contribution in [2.75, 3.05) is 10.6 Å². The van der Waals surface area contributed by atoms with Crippen LogP contribution in [0, 0.1) is 18.2 Å². The lowest BCUT2D eigenvalue weighted by molar-refractivity contribution is -0.123. The Bertz CT molecular complexity index is 779. The SMILES string of the molecule is Cc1ccc(F)c(NC(=O)c2cccc(NC(=O)C(C)(C)C)c2)c1. The van der Waals surface area contributed by atoms with Crippen molar-refractivity contribution in [3.05, 3.63) is 59.4 Å². The molecule has 2 amide bonds. The predicted molar refractivity (Wildman–Crippen MR) is 93.6 cm³/mol. The van der Waals surface area contributed by atoms with Gasteiger partial charge in [-0.3, -0.25) is 9.59 Å². The van der Waals surface area contributed by atoms with Crippen molar-refractivity contribution < 1.29 is 14.0 Å². The van der Waals surface area contributed by atoms with E-state index < -0.39 is 17.1 Å². The molecule has 0 heterocycles. The first-order chi connectivity index (χ1) is 11.2. The Morgan fingerprint density at radius 1 is 1.00 bits per heavy atom. The molecular weight excluding hydrogens is 307 g/mol. The molecule has 24 heavy (non-hydrogen) atoms. The van der Waals surface area contributed by atoms with Gasteiger partial charge in [0.2, 0.25) is 5.91 Å². The predicted octanol–water partition coefficient (Wildman–Crippen LogP) is 4.37. The molecule has 5 heteroatoms. The number of carbonyl (C=O) groups is 2. The van der Waals surface area contributed by atoms with E-state index in [1.807, 2.05) is 6.92 Å². The molecule has 0 spiro atoms. The standard InChI is InChI=1S/C19H21FN2O2/c1-12-8-9-15(20)16(10-12)22-17(23)13-6-5-7-14(11-13)21-18(24)19(2,3)4/h5-11H,1-4H3,(H,21,24)(H,22,23). The third kappa shape index (κ3) is 4.41. The molecule has 2 rings (SSSR count). The number of anilines is 2. The highest BCUT2D eigenvalue weighted by atomic mass is 19.1. The molecule has 2 aromatic rings. The van der Waals surface area contributed by atoms with E-state index in [2.05, 4.69) is 10.6 Å². The van der Waals surface area contributed by atoms with Crippen molar-refractivity contribution >= 4 is 23.2 Å². The molecule has 0 aliphatic heterocycles. The fourth-order valence-corrected chi connectivity index (χ4v) is 1.99. The molecular formula is C19H21FN2O2. The van der Waals surface area contributed by atoms with Gasteiger partial charge >= 0.3 is 0 Å².